The molecular formula is C14H16O4. The monoisotopic (exact) mass is 248 g/mol. The molecule has 0 radical (unpaired) electrons. The number of rotatable bonds is 3. The van der Waals surface area contributed by atoms with Crippen molar-refractivity contribution in [2.24, 2.45) is 5.92 Å². The Morgan fingerprint density at radius 3 is 2.56 bits per heavy atom. The molecule has 1 N–H and O–H groups in total. The van der Waals surface area contributed by atoms with Gasteiger partial charge in [-0.2, -0.15) is 0 Å². The fourth-order valence-electron chi connectivity index (χ4n) is 2.20. The van der Waals surface area contributed by atoms with E-state index in [-0.39, 0.29) is 17.5 Å². The first-order chi connectivity index (χ1) is 8.58. The van der Waals surface area contributed by atoms with Gasteiger partial charge in [0.25, 0.3) is 0 Å². The van der Waals surface area contributed by atoms with E-state index in [1.165, 1.54) is 12.1 Å². The molecule has 0 aromatic heterocycles. The number of carbonyl (C=O) groups excluding carboxylic acids is 1. The van der Waals surface area contributed by atoms with Crippen LogP contribution in [0.2, 0.25) is 0 Å². The van der Waals surface area contributed by atoms with Gasteiger partial charge < -0.3 is 9.84 Å². The molecule has 1 aromatic rings. The maximum absolute atomic E-state index is 11.9. The van der Waals surface area contributed by atoms with Gasteiger partial charge in [-0.3, -0.25) is 4.79 Å². The number of carbonyl (C=O) groups is 2. The zero-order valence-electron chi connectivity index (χ0n) is 10.3. The third kappa shape index (κ3) is 2.70. The van der Waals surface area contributed by atoms with E-state index >= 15 is 0 Å². The number of carboxylic acids is 1. The Morgan fingerprint density at radius 1 is 1.28 bits per heavy atom. The minimum Gasteiger partial charge on any atom is -0.478 e. The molecule has 18 heavy (non-hydrogen) atoms. The predicted octanol–water partition coefficient (Wildman–Crippen LogP) is 2.79. The second kappa shape index (κ2) is 5.21. The summed E-state index contributed by atoms with van der Waals surface area (Å²) < 4.78 is 5.32. The maximum atomic E-state index is 11.9. The Morgan fingerprint density at radius 2 is 1.94 bits per heavy atom. The highest BCUT2D eigenvalue weighted by Gasteiger charge is 2.25. The number of carboxylic acid groups (broad SMARTS) is 1. The summed E-state index contributed by atoms with van der Waals surface area (Å²) in [5.41, 5.74) is 0.904. The zero-order chi connectivity index (χ0) is 13.1. The summed E-state index contributed by atoms with van der Waals surface area (Å²) in [6.07, 6.45) is 3.87. The van der Waals surface area contributed by atoms with Gasteiger partial charge in [-0.05, 0) is 37.5 Å². The van der Waals surface area contributed by atoms with E-state index in [4.69, 9.17) is 9.84 Å². The lowest BCUT2D eigenvalue weighted by atomic mass is 10.1. The van der Waals surface area contributed by atoms with Crippen LogP contribution in [0.25, 0.3) is 0 Å². The molecule has 0 saturated heterocycles. The number of hydrogen-bond acceptors (Lipinski definition) is 3. The van der Waals surface area contributed by atoms with Crippen LogP contribution in [0.5, 0.6) is 5.75 Å². The van der Waals surface area contributed by atoms with Gasteiger partial charge in [0.15, 0.2) is 0 Å². The maximum Gasteiger partial charge on any atom is 0.335 e. The molecule has 0 spiro atoms. The van der Waals surface area contributed by atoms with Crippen molar-refractivity contribution in [1.29, 1.82) is 0 Å². The van der Waals surface area contributed by atoms with Crippen LogP contribution in [-0.2, 0) is 4.79 Å². The van der Waals surface area contributed by atoms with Crippen LogP contribution in [-0.4, -0.2) is 17.0 Å². The Labute approximate surface area is 106 Å². The van der Waals surface area contributed by atoms with Gasteiger partial charge in [-0.1, -0.05) is 18.9 Å². The predicted molar refractivity (Wildman–Crippen MR) is 65.7 cm³/mol. The molecule has 4 heteroatoms. The Bertz CT molecular complexity index is 473. The Balaban J connectivity index is 2.14. The molecule has 1 fully saturated rings. The fourth-order valence-corrected chi connectivity index (χ4v) is 2.20. The lowest BCUT2D eigenvalue weighted by molar-refractivity contribution is -0.138. The molecule has 0 aliphatic heterocycles. The van der Waals surface area contributed by atoms with E-state index in [1.807, 2.05) is 0 Å². The normalized spacial score (nSPS) is 15.6. The largest absolute Gasteiger partial charge is 0.478 e. The highest BCUT2D eigenvalue weighted by Crippen LogP contribution is 2.28. The zero-order valence-corrected chi connectivity index (χ0v) is 10.3. The first-order valence-electron chi connectivity index (χ1n) is 6.13. The molecule has 0 heterocycles. The van der Waals surface area contributed by atoms with Crippen molar-refractivity contribution in [3.05, 3.63) is 29.3 Å². The lowest BCUT2D eigenvalue weighted by Crippen LogP contribution is -2.18. The first kappa shape index (κ1) is 12.6. The molecule has 2 rings (SSSR count). The van der Waals surface area contributed by atoms with Gasteiger partial charge in [-0.25, -0.2) is 4.79 Å². The minimum atomic E-state index is -1.02. The second-order valence-electron chi connectivity index (χ2n) is 4.69. The molecule has 1 saturated carbocycles. The Kier molecular flexibility index (Phi) is 3.65. The lowest BCUT2D eigenvalue weighted by Gasteiger charge is -2.11. The molecular weight excluding hydrogens is 232 g/mol. The third-order valence-electron chi connectivity index (χ3n) is 3.33. The summed E-state index contributed by atoms with van der Waals surface area (Å²) in [5.74, 6) is -0.934. The number of ether oxygens (including phenoxy) is 1. The fraction of sp³-hybridized carbons (Fsp3) is 0.429. The summed E-state index contributed by atoms with van der Waals surface area (Å²) in [6, 6.07) is 4.57. The standard InChI is InChI=1S/C14H16O4/c1-9-6-7-11(13(15)16)8-12(9)18-14(17)10-4-2-3-5-10/h6-8,10H,2-5H2,1H3,(H,15,16). The number of aromatic carboxylic acids is 1. The molecule has 0 bridgehead atoms. The average molecular weight is 248 g/mol. The second-order valence-corrected chi connectivity index (χ2v) is 4.69. The van der Waals surface area contributed by atoms with Crippen LogP contribution in [0.3, 0.4) is 0 Å². The molecule has 1 aliphatic carbocycles. The number of benzene rings is 1. The molecule has 1 aromatic carbocycles. The summed E-state index contributed by atoms with van der Waals surface area (Å²) in [7, 11) is 0. The van der Waals surface area contributed by atoms with Crippen molar-refractivity contribution in [2.75, 3.05) is 0 Å². The van der Waals surface area contributed by atoms with E-state index in [0.717, 1.165) is 31.2 Å². The smallest absolute Gasteiger partial charge is 0.335 e. The van der Waals surface area contributed by atoms with Gasteiger partial charge in [0.1, 0.15) is 5.75 Å². The quantitative estimate of drug-likeness (QED) is 0.660. The third-order valence-corrected chi connectivity index (χ3v) is 3.33. The molecule has 0 unspecified atom stereocenters. The molecule has 1 aliphatic rings. The van der Waals surface area contributed by atoms with Crippen LogP contribution in [0.1, 0.15) is 41.6 Å². The van der Waals surface area contributed by atoms with Gasteiger partial charge in [0, 0.05) is 0 Å². The van der Waals surface area contributed by atoms with E-state index < -0.39 is 5.97 Å². The van der Waals surface area contributed by atoms with Gasteiger partial charge in [0.2, 0.25) is 0 Å². The van der Waals surface area contributed by atoms with Gasteiger partial charge in [-0.15, -0.1) is 0 Å². The van der Waals surface area contributed by atoms with E-state index in [9.17, 15) is 9.59 Å². The highest BCUT2D eigenvalue weighted by molar-refractivity contribution is 5.88. The van der Waals surface area contributed by atoms with Crippen LogP contribution >= 0.6 is 0 Å². The molecule has 0 amide bonds. The van der Waals surface area contributed by atoms with E-state index in [2.05, 4.69) is 0 Å². The van der Waals surface area contributed by atoms with Crippen molar-refractivity contribution < 1.29 is 19.4 Å². The van der Waals surface area contributed by atoms with Gasteiger partial charge >= 0.3 is 11.9 Å². The molecule has 96 valence electrons. The van der Waals surface area contributed by atoms with Crippen molar-refractivity contribution in [3.8, 4) is 5.75 Å². The SMILES string of the molecule is Cc1ccc(C(=O)O)cc1OC(=O)C1CCCC1. The summed E-state index contributed by atoms with van der Waals surface area (Å²) >= 11 is 0. The molecule has 4 nitrogen and oxygen atoms in total. The van der Waals surface area contributed by atoms with Crippen molar-refractivity contribution in [2.45, 2.75) is 32.6 Å². The first-order valence-corrected chi connectivity index (χ1v) is 6.13. The van der Waals surface area contributed by atoms with Crippen molar-refractivity contribution >= 4 is 11.9 Å². The van der Waals surface area contributed by atoms with Crippen LogP contribution < -0.4 is 4.74 Å². The number of aryl methyl sites for hydroxylation is 1. The summed E-state index contributed by atoms with van der Waals surface area (Å²) in [6.45, 7) is 1.79. The average Bonchev–Trinajstić information content (AvgIpc) is 2.85. The minimum absolute atomic E-state index is 0.0297. The summed E-state index contributed by atoms with van der Waals surface area (Å²) in [5, 5.41) is 8.91. The van der Waals surface area contributed by atoms with Crippen molar-refractivity contribution in [1.82, 2.24) is 0 Å². The van der Waals surface area contributed by atoms with Gasteiger partial charge in [0.05, 0.1) is 11.5 Å². The van der Waals surface area contributed by atoms with Crippen LogP contribution in [0.4, 0.5) is 0 Å². The van der Waals surface area contributed by atoms with Crippen LogP contribution in [0, 0.1) is 12.8 Å². The van der Waals surface area contributed by atoms with E-state index in [0.29, 0.717) is 5.75 Å². The van der Waals surface area contributed by atoms with Crippen LogP contribution in [0.15, 0.2) is 18.2 Å². The van der Waals surface area contributed by atoms with E-state index in [1.54, 1.807) is 13.0 Å². The number of esters is 1. The Hall–Kier alpha value is -1.84. The molecule has 0 atom stereocenters. The topological polar surface area (TPSA) is 63.6 Å². The highest BCUT2D eigenvalue weighted by atomic mass is 16.5. The number of hydrogen-bond donors (Lipinski definition) is 1. The van der Waals surface area contributed by atoms with Crippen molar-refractivity contribution in [3.63, 3.8) is 0 Å². The summed E-state index contributed by atoms with van der Waals surface area (Å²) in [4.78, 5) is 22.7.